The van der Waals surface area contributed by atoms with E-state index in [2.05, 4.69) is 20.5 Å². The maximum Gasteiger partial charge on any atom is 0.337 e. The highest BCUT2D eigenvalue weighted by Crippen LogP contribution is 2.34. The second-order valence-electron chi connectivity index (χ2n) is 6.96. The number of amides is 2. The highest BCUT2D eigenvalue weighted by molar-refractivity contribution is 6.02. The standard InChI is InChI=1S/C22H20N4O4/c1-13-19(14-6-4-3-5-7-14)25-26-17(12-18(27)24-20(13)26)21(28)23-16-10-8-15(9-11-16)22(29)30-2/h3-11,17H,12H2,1-2H3,(H,23,28)(H,24,27)/t17-/m1/s1. The summed E-state index contributed by atoms with van der Waals surface area (Å²) in [5, 5.41) is 10.2. The lowest BCUT2D eigenvalue weighted by Crippen LogP contribution is -2.35. The van der Waals surface area contributed by atoms with Gasteiger partial charge in [0.1, 0.15) is 11.9 Å². The highest BCUT2D eigenvalue weighted by atomic mass is 16.5. The number of rotatable bonds is 4. The Balaban J connectivity index is 1.62. The summed E-state index contributed by atoms with van der Waals surface area (Å²) in [6.07, 6.45) is -0.0194. The number of methoxy groups -OCH3 is 1. The molecule has 0 aliphatic carbocycles. The SMILES string of the molecule is COC(=O)c1ccc(NC(=O)[C@H]2CC(=O)Nc3c(C)c(-c4ccccc4)nn32)cc1. The molecule has 3 aromatic rings. The first-order valence-corrected chi connectivity index (χ1v) is 9.41. The average Bonchev–Trinajstić information content (AvgIpc) is 3.10. The fourth-order valence-corrected chi connectivity index (χ4v) is 3.45. The van der Waals surface area contributed by atoms with Crippen LogP contribution in [-0.2, 0) is 14.3 Å². The zero-order valence-electron chi connectivity index (χ0n) is 16.5. The van der Waals surface area contributed by atoms with Crippen LogP contribution in [0.1, 0.15) is 28.4 Å². The molecule has 152 valence electrons. The zero-order valence-corrected chi connectivity index (χ0v) is 16.5. The molecule has 0 saturated heterocycles. The molecule has 1 aliphatic rings. The van der Waals surface area contributed by atoms with Gasteiger partial charge in [-0.25, -0.2) is 9.48 Å². The van der Waals surface area contributed by atoms with Gasteiger partial charge in [0, 0.05) is 16.8 Å². The molecule has 1 atom stereocenters. The van der Waals surface area contributed by atoms with Gasteiger partial charge in [0.05, 0.1) is 24.8 Å². The van der Waals surface area contributed by atoms with Gasteiger partial charge in [0.2, 0.25) is 11.8 Å². The van der Waals surface area contributed by atoms with Crippen LogP contribution in [0.2, 0.25) is 0 Å². The van der Waals surface area contributed by atoms with Gasteiger partial charge in [-0.15, -0.1) is 0 Å². The number of ether oxygens (including phenoxy) is 1. The molecule has 0 unspecified atom stereocenters. The number of hydrogen-bond donors (Lipinski definition) is 2. The van der Waals surface area contributed by atoms with Crippen molar-refractivity contribution in [3.8, 4) is 11.3 Å². The first kappa shape index (κ1) is 19.4. The van der Waals surface area contributed by atoms with Gasteiger partial charge >= 0.3 is 5.97 Å². The molecule has 1 aliphatic heterocycles. The van der Waals surface area contributed by atoms with Crippen LogP contribution in [0.25, 0.3) is 11.3 Å². The van der Waals surface area contributed by atoms with E-state index >= 15 is 0 Å². The van der Waals surface area contributed by atoms with Gasteiger partial charge in [-0.05, 0) is 31.2 Å². The van der Waals surface area contributed by atoms with Crippen molar-refractivity contribution in [2.45, 2.75) is 19.4 Å². The third-order valence-corrected chi connectivity index (χ3v) is 5.00. The number of nitrogens with one attached hydrogen (secondary N) is 2. The Bertz CT molecular complexity index is 1120. The predicted molar refractivity (Wildman–Crippen MR) is 111 cm³/mol. The van der Waals surface area contributed by atoms with Crippen molar-refractivity contribution in [3.05, 3.63) is 65.7 Å². The van der Waals surface area contributed by atoms with E-state index in [0.717, 1.165) is 11.1 Å². The van der Waals surface area contributed by atoms with Crippen molar-refractivity contribution in [2.24, 2.45) is 0 Å². The van der Waals surface area contributed by atoms with E-state index < -0.39 is 12.0 Å². The number of benzene rings is 2. The second kappa shape index (κ2) is 7.82. The summed E-state index contributed by atoms with van der Waals surface area (Å²) in [5.74, 6) is -0.543. The first-order chi connectivity index (χ1) is 14.5. The summed E-state index contributed by atoms with van der Waals surface area (Å²) in [7, 11) is 1.31. The van der Waals surface area contributed by atoms with Gasteiger partial charge in [-0.2, -0.15) is 5.10 Å². The lowest BCUT2D eigenvalue weighted by Gasteiger charge is -2.24. The number of carbonyl (C=O) groups is 3. The summed E-state index contributed by atoms with van der Waals surface area (Å²) in [6.45, 7) is 1.87. The molecule has 0 radical (unpaired) electrons. The summed E-state index contributed by atoms with van der Waals surface area (Å²) in [6, 6.07) is 15.2. The normalized spacial score (nSPS) is 15.1. The molecular formula is C22H20N4O4. The van der Waals surface area contributed by atoms with Crippen molar-refractivity contribution in [2.75, 3.05) is 17.7 Å². The minimum absolute atomic E-state index is 0.0194. The third kappa shape index (κ3) is 3.55. The van der Waals surface area contributed by atoms with E-state index in [0.29, 0.717) is 22.8 Å². The number of nitrogens with zero attached hydrogens (tertiary/aromatic N) is 2. The quantitative estimate of drug-likeness (QED) is 0.651. The average molecular weight is 404 g/mol. The van der Waals surface area contributed by atoms with Gasteiger partial charge in [-0.1, -0.05) is 30.3 Å². The molecule has 1 aromatic heterocycles. The molecule has 2 amide bonds. The molecule has 0 spiro atoms. The number of carbonyl (C=O) groups excluding carboxylic acids is 3. The van der Waals surface area contributed by atoms with E-state index in [9.17, 15) is 14.4 Å². The Morgan fingerprint density at radius 3 is 2.50 bits per heavy atom. The topological polar surface area (TPSA) is 102 Å². The molecule has 2 heterocycles. The Morgan fingerprint density at radius 1 is 1.13 bits per heavy atom. The van der Waals surface area contributed by atoms with E-state index in [1.54, 1.807) is 28.9 Å². The molecule has 2 N–H and O–H groups in total. The maximum atomic E-state index is 13.0. The Morgan fingerprint density at radius 2 is 1.83 bits per heavy atom. The number of esters is 1. The number of anilines is 2. The molecule has 8 nitrogen and oxygen atoms in total. The van der Waals surface area contributed by atoms with Gasteiger partial charge in [0.25, 0.3) is 0 Å². The Kier molecular flexibility index (Phi) is 5.05. The van der Waals surface area contributed by atoms with Crippen molar-refractivity contribution in [3.63, 3.8) is 0 Å². The van der Waals surface area contributed by atoms with Gasteiger partial charge in [-0.3, -0.25) is 9.59 Å². The largest absolute Gasteiger partial charge is 0.465 e. The van der Waals surface area contributed by atoms with Crippen molar-refractivity contribution in [1.29, 1.82) is 0 Å². The first-order valence-electron chi connectivity index (χ1n) is 9.41. The van der Waals surface area contributed by atoms with Crippen LogP contribution in [0, 0.1) is 6.92 Å². The summed E-state index contributed by atoms with van der Waals surface area (Å²) < 4.78 is 6.24. The lowest BCUT2D eigenvalue weighted by molar-refractivity contribution is -0.125. The minimum Gasteiger partial charge on any atom is -0.465 e. The van der Waals surface area contributed by atoms with Crippen LogP contribution in [0.5, 0.6) is 0 Å². The monoisotopic (exact) mass is 404 g/mol. The van der Waals surface area contributed by atoms with E-state index in [1.165, 1.54) is 7.11 Å². The molecule has 0 saturated carbocycles. The molecule has 30 heavy (non-hydrogen) atoms. The number of hydrogen-bond acceptors (Lipinski definition) is 5. The van der Waals surface area contributed by atoms with E-state index in [-0.39, 0.29) is 18.2 Å². The number of aromatic nitrogens is 2. The van der Waals surface area contributed by atoms with Crippen molar-refractivity contribution >= 4 is 29.3 Å². The van der Waals surface area contributed by atoms with Crippen LogP contribution >= 0.6 is 0 Å². The summed E-state index contributed by atoms with van der Waals surface area (Å²) in [4.78, 5) is 36.8. The summed E-state index contributed by atoms with van der Waals surface area (Å²) in [5.41, 5.74) is 3.31. The maximum absolute atomic E-state index is 13.0. The lowest BCUT2D eigenvalue weighted by atomic mass is 10.1. The van der Waals surface area contributed by atoms with Gasteiger partial charge < -0.3 is 15.4 Å². The van der Waals surface area contributed by atoms with Crippen LogP contribution in [-0.4, -0.2) is 34.7 Å². The third-order valence-electron chi connectivity index (χ3n) is 5.00. The fraction of sp³-hybridized carbons (Fsp3) is 0.182. The second-order valence-corrected chi connectivity index (χ2v) is 6.96. The van der Waals surface area contributed by atoms with Crippen molar-refractivity contribution < 1.29 is 19.1 Å². The Labute approximate surface area is 172 Å². The Hall–Kier alpha value is -3.94. The number of fused-ring (bicyclic) bond motifs is 1. The highest BCUT2D eigenvalue weighted by Gasteiger charge is 2.34. The zero-order chi connectivity index (χ0) is 21.3. The molecule has 4 rings (SSSR count). The fourth-order valence-electron chi connectivity index (χ4n) is 3.45. The molecule has 0 bridgehead atoms. The molecular weight excluding hydrogens is 384 g/mol. The van der Waals surface area contributed by atoms with Crippen LogP contribution in [0.15, 0.2) is 54.6 Å². The van der Waals surface area contributed by atoms with Crippen LogP contribution in [0.4, 0.5) is 11.5 Å². The van der Waals surface area contributed by atoms with E-state index in [4.69, 9.17) is 0 Å². The van der Waals surface area contributed by atoms with Crippen LogP contribution < -0.4 is 10.6 Å². The smallest absolute Gasteiger partial charge is 0.337 e. The van der Waals surface area contributed by atoms with Crippen LogP contribution in [0.3, 0.4) is 0 Å². The summed E-state index contributed by atoms with van der Waals surface area (Å²) >= 11 is 0. The minimum atomic E-state index is -0.787. The molecule has 0 fully saturated rings. The van der Waals surface area contributed by atoms with Gasteiger partial charge in [0.15, 0.2) is 0 Å². The molecule has 2 aromatic carbocycles. The molecule has 8 heteroatoms. The van der Waals surface area contributed by atoms with E-state index in [1.807, 2.05) is 37.3 Å². The van der Waals surface area contributed by atoms with Crippen molar-refractivity contribution in [1.82, 2.24) is 9.78 Å². The predicted octanol–water partition coefficient (Wildman–Crippen LogP) is 3.17.